The molecule has 2 fully saturated rings. The highest BCUT2D eigenvalue weighted by Crippen LogP contribution is 2.69. The third-order valence-corrected chi connectivity index (χ3v) is 10.5. The molecule has 1 aliphatic heterocycles. The van der Waals surface area contributed by atoms with Gasteiger partial charge < -0.3 is 20.1 Å². The third kappa shape index (κ3) is 5.73. The van der Waals surface area contributed by atoms with Crippen LogP contribution >= 0.6 is 0 Å². The number of hydrogen-bond donors (Lipinski definition) is 3. The average Bonchev–Trinajstić information content (AvgIpc) is 2.90. The molecular weight excluding hydrogens is 568 g/mol. The third-order valence-electron chi connectivity index (χ3n) is 10.5. The molecule has 3 N–H and O–H groups in total. The highest BCUT2D eigenvalue weighted by atomic mass is 16.5. The van der Waals surface area contributed by atoms with Gasteiger partial charge in [0.05, 0.1) is 11.0 Å². The van der Waals surface area contributed by atoms with E-state index in [1.54, 1.807) is 19.9 Å². The van der Waals surface area contributed by atoms with E-state index in [0.717, 1.165) is 17.2 Å². The summed E-state index contributed by atoms with van der Waals surface area (Å²) in [6.07, 6.45) is 9.18. The predicted octanol–water partition coefficient (Wildman–Crippen LogP) is 7.56. The van der Waals surface area contributed by atoms with Crippen LogP contribution in [0.4, 0.5) is 0 Å². The van der Waals surface area contributed by atoms with Gasteiger partial charge in [-0.25, -0.2) is 0 Å². The van der Waals surface area contributed by atoms with Crippen molar-refractivity contribution in [2.75, 3.05) is 0 Å². The summed E-state index contributed by atoms with van der Waals surface area (Å²) in [5.41, 5.74) is -3.79. The van der Waals surface area contributed by atoms with Gasteiger partial charge in [0.1, 0.15) is 22.3 Å². The van der Waals surface area contributed by atoms with Crippen molar-refractivity contribution in [3.63, 3.8) is 0 Å². The molecule has 2 aliphatic carbocycles. The molecule has 2 bridgehead atoms. The number of phenolic OH excluding ortho intramolecular Hbond substituents is 2. The van der Waals surface area contributed by atoms with E-state index in [-0.39, 0.29) is 46.7 Å². The SMILES string of the molecule is CC(C)=CCC1CC23CC(C=CC(C)(C)O)C(C)(C)C(CC=C(C)C)(C(=O)C(C(=O)c4ccc(O)c(O)c4)=C2OC1(C)C)C3=O. The van der Waals surface area contributed by atoms with Gasteiger partial charge in [-0.1, -0.05) is 49.3 Å². The molecule has 4 unspecified atom stereocenters. The molecule has 7 nitrogen and oxygen atoms in total. The van der Waals surface area contributed by atoms with Crippen LogP contribution in [0.15, 0.2) is 65.0 Å². The van der Waals surface area contributed by atoms with Gasteiger partial charge >= 0.3 is 0 Å². The molecule has 1 spiro atoms. The van der Waals surface area contributed by atoms with E-state index in [4.69, 9.17) is 4.74 Å². The first-order valence-corrected chi connectivity index (χ1v) is 15.9. The number of phenols is 2. The predicted molar refractivity (Wildman–Crippen MR) is 175 cm³/mol. The highest BCUT2D eigenvalue weighted by Gasteiger charge is 2.74. The van der Waals surface area contributed by atoms with E-state index >= 15 is 9.59 Å². The van der Waals surface area contributed by atoms with Crippen molar-refractivity contribution in [3.05, 3.63) is 70.5 Å². The summed E-state index contributed by atoms with van der Waals surface area (Å²) in [4.78, 5) is 45.0. The summed E-state index contributed by atoms with van der Waals surface area (Å²) in [5.74, 6) is -2.61. The maximum atomic E-state index is 15.3. The Balaban J connectivity index is 2.11. The first-order chi connectivity index (χ1) is 20.6. The van der Waals surface area contributed by atoms with Crippen molar-refractivity contribution in [1.82, 2.24) is 0 Å². The van der Waals surface area contributed by atoms with E-state index in [2.05, 4.69) is 6.08 Å². The number of benzene rings is 1. The molecule has 0 aromatic heterocycles. The van der Waals surface area contributed by atoms with Crippen molar-refractivity contribution in [3.8, 4) is 11.5 Å². The topological polar surface area (TPSA) is 121 Å². The van der Waals surface area contributed by atoms with Crippen molar-refractivity contribution in [2.45, 2.75) is 106 Å². The Morgan fingerprint density at radius 2 is 1.60 bits per heavy atom. The van der Waals surface area contributed by atoms with Crippen molar-refractivity contribution in [2.24, 2.45) is 28.1 Å². The minimum absolute atomic E-state index is 0.0189. The van der Waals surface area contributed by atoms with Crippen LogP contribution in [0.2, 0.25) is 0 Å². The summed E-state index contributed by atoms with van der Waals surface area (Å²) in [6, 6.07) is 3.72. The number of aliphatic hydroxyl groups is 1. The van der Waals surface area contributed by atoms with Crippen LogP contribution in [0.3, 0.4) is 0 Å². The molecule has 7 heteroatoms. The molecular formula is C38H50O7. The molecule has 1 aromatic rings. The fraction of sp³-hybridized carbons (Fsp3) is 0.553. The van der Waals surface area contributed by atoms with Gasteiger partial charge in [0.15, 0.2) is 28.8 Å². The van der Waals surface area contributed by atoms with Crippen LogP contribution in [-0.4, -0.2) is 43.9 Å². The second-order valence-electron chi connectivity index (χ2n) is 15.5. The molecule has 4 rings (SSSR count). The lowest BCUT2D eigenvalue weighted by Crippen LogP contribution is -2.69. The number of allylic oxidation sites excluding steroid dienone is 7. The number of ether oxygens (including phenoxy) is 1. The maximum absolute atomic E-state index is 15.3. The van der Waals surface area contributed by atoms with Gasteiger partial charge in [-0.2, -0.15) is 0 Å². The fourth-order valence-corrected chi connectivity index (χ4v) is 7.54. The largest absolute Gasteiger partial charge is 0.504 e. The lowest BCUT2D eigenvalue weighted by Gasteiger charge is -2.63. The minimum Gasteiger partial charge on any atom is -0.504 e. The number of hydrogen-bond acceptors (Lipinski definition) is 7. The van der Waals surface area contributed by atoms with Crippen LogP contribution in [0, 0.1) is 28.1 Å². The van der Waals surface area contributed by atoms with Gasteiger partial charge in [-0.3, -0.25) is 14.4 Å². The molecule has 0 radical (unpaired) electrons. The lowest BCUT2D eigenvalue weighted by atomic mass is 9.39. The van der Waals surface area contributed by atoms with Crippen LogP contribution < -0.4 is 0 Å². The fourth-order valence-electron chi connectivity index (χ4n) is 7.54. The van der Waals surface area contributed by atoms with Gasteiger partial charge in [-0.15, -0.1) is 0 Å². The second kappa shape index (κ2) is 11.4. The summed E-state index contributed by atoms with van der Waals surface area (Å²) < 4.78 is 6.77. The number of ketones is 3. The zero-order valence-electron chi connectivity index (χ0n) is 28.5. The van der Waals surface area contributed by atoms with Gasteiger partial charge in [-0.05, 0) is 111 Å². The smallest absolute Gasteiger partial charge is 0.200 e. The first kappa shape index (κ1) is 34.4. The van der Waals surface area contributed by atoms with Gasteiger partial charge in [0, 0.05) is 11.5 Å². The number of carbonyl (C=O) groups is 3. The van der Waals surface area contributed by atoms with Crippen molar-refractivity contribution < 1.29 is 34.4 Å². The molecule has 1 saturated carbocycles. The van der Waals surface area contributed by atoms with Crippen LogP contribution in [0.5, 0.6) is 11.5 Å². The number of fused-ring (bicyclic) bond motifs is 1. The Morgan fingerprint density at radius 1 is 0.978 bits per heavy atom. The van der Waals surface area contributed by atoms with Crippen LogP contribution in [0.25, 0.3) is 0 Å². The van der Waals surface area contributed by atoms with Gasteiger partial charge in [0.2, 0.25) is 0 Å². The summed E-state index contributed by atoms with van der Waals surface area (Å²) in [6.45, 7) is 19.0. The summed E-state index contributed by atoms with van der Waals surface area (Å²) >= 11 is 0. The minimum atomic E-state index is -1.60. The molecule has 244 valence electrons. The Kier molecular flexibility index (Phi) is 8.73. The quantitative estimate of drug-likeness (QED) is 0.0904. The number of carbonyl (C=O) groups excluding carboxylic acids is 3. The Bertz CT molecular complexity index is 1540. The van der Waals surface area contributed by atoms with E-state index < -0.39 is 44.8 Å². The molecule has 0 amide bonds. The molecule has 1 saturated heterocycles. The monoisotopic (exact) mass is 618 g/mol. The Labute approximate surface area is 267 Å². The Morgan fingerprint density at radius 3 is 2.16 bits per heavy atom. The van der Waals surface area contributed by atoms with Crippen LogP contribution in [0.1, 0.15) is 105 Å². The molecule has 4 atom stereocenters. The first-order valence-electron chi connectivity index (χ1n) is 15.9. The second-order valence-corrected chi connectivity index (χ2v) is 15.5. The number of Topliss-reactive ketones (excluding diaryl/α,β-unsaturated/α-hetero) is 3. The number of rotatable bonds is 8. The zero-order chi connectivity index (χ0) is 33.9. The number of aromatic hydroxyl groups is 2. The zero-order valence-corrected chi connectivity index (χ0v) is 28.5. The standard InChI is InChI=1S/C38H50O7/c1-22(2)11-13-26-21-37-20-25(16-17-34(5,6)44)35(7,8)38(33(37)43,18-15-23(3)4)31(42)29(32(37)45-36(26,9)10)30(41)24-12-14-27(39)28(40)19-24/h11-12,14-17,19,25-26,39-40,44H,13,18,20-21H2,1-10H3. The van der Waals surface area contributed by atoms with E-state index in [1.807, 2.05) is 67.5 Å². The molecule has 1 aromatic carbocycles. The van der Waals surface area contributed by atoms with Crippen LogP contribution in [-0.2, 0) is 14.3 Å². The maximum Gasteiger partial charge on any atom is 0.200 e. The van der Waals surface area contributed by atoms with E-state index in [1.165, 1.54) is 12.1 Å². The molecule has 1 heterocycles. The van der Waals surface area contributed by atoms with Crippen molar-refractivity contribution in [1.29, 1.82) is 0 Å². The average molecular weight is 619 g/mol. The normalized spacial score (nSPS) is 28.8. The Hall–Kier alpha value is -3.45. The lowest BCUT2D eigenvalue weighted by molar-refractivity contribution is -0.185. The van der Waals surface area contributed by atoms with Crippen molar-refractivity contribution >= 4 is 17.3 Å². The van der Waals surface area contributed by atoms with Gasteiger partial charge in [0.25, 0.3) is 0 Å². The molecule has 45 heavy (non-hydrogen) atoms. The van der Waals surface area contributed by atoms with E-state index in [9.17, 15) is 20.1 Å². The summed E-state index contributed by atoms with van der Waals surface area (Å²) in [7, 11) is 0. The summed E-state index contributed by atoms with van der Waals surface area (Å²) in [5, 5.41) is 30.9. The van der Waals surface area contributed by atoms with E-state index in [0.29, 0.717) is 19.3 Å². The highest BCUT2D eigenvalue weighted by molar-refractivity contribution is 6.35. The molecule has 3 aliphatic rings.